The highest BCUT2D eigenvalue weighted by Gasteiger charge is 2.31. The Kier molecular flexibility index (Phi) is 4.03. The highest BCUT2D eigenvalue weighted by molar-refractivity contribution is 7.07. The number of carbonyl (C=O) groups is 1. The Hall–Kier alpha value is -2.42. The Labute approximate surface area is 132 Å². The summed E-state index contributed by atoms with van der Waals surface area (Å²) in [5, 5.41) is 14.0. The van der Waals surface area contributed by atoms with Crippen molar-refractivity contribution in [3.05, 3.63) is 52.1 Å². The quantitative estimate of drug-likeness (QED) is 0.794. The number of halogens is 3. The molecule has 0 radical (unpaired) electrons. The molecule has 9 heteroatoms. The van der Waals surface area contributed by atoms with Crippen molar-refractivity contribution in [3.8, 4) is 0 Å². The number of hydrogen-bond acceptors (Lipinski definition) is 4. The van der Waals surface area contributed by atoms with Crippen LogP contribution in [0.4, 0.5) is 13.2 Å². The lowest BCUT2D eigenvalue weighted by Crippen LogP contribution is -2.25. The van der Waals surface area contributed by atoms with Gasteiger partial charge in [-0.25, -0.2) is 0 Å². The molecule has 0 aliphatic rings. The molecule has 0 saturated carbocycles. The monoisotopic (exact) mass is 340 g/mol. The third kappa shape index (κ3) is 3.50. The number of carbonyl (C=O) groups excluding carboxylic acids is 1. The van der Waals surface area contributed by atoms with Crippen LogP contribution in [-0.2, 0) is 23.9 Å². The zero-order valence-corrected chi connectivity index (χ0v) is 12.5. The van der Waals surface area contributed by atoms with E-state index >= 15 is 0 Å². The molecule has 0 aliphatic carbocycles. The summed E-state index contributed by atoms with van der Waals surface area (Å²) in [5.74, 6) is 0.180. The van der Waals surface area contributed by atoms with Crippen LogP contribution in [0.3, 0.4) is 0 Å². The summed E-state index contributed by atoms with van der Waals surface area (Å²) < 4.78 is 39.3. The lowest BCUT2D eigenvalue weighted by Gasteiger charge is -2.07. The SMILES string of the molecule is O=C(Cc1ccsc1)NCc1nnc2cc(C(F)(F)F)ccn12. The van der Waals surface area contributed by atoms with E-state index in [1.807, 2.05) is 16.8 Å². The number of thiophene rings is 1. The molecular weight excluding hydrogens is 329 g/mol. The Morgan fingerprint density at radius 1 is 1.30 bits per heavy atom. The molecule has 0 saturated heterocycles. The van der Waals surface area contributed by atoms with Gasteiger partial charge in [0.15, 0.2) is 11.5 Å². The molecule has 1 amide bonds. The lowest BCUT2D eigenvalue weighted by molar-refractivity contribution is -0.137. The summed E-state index contributed by atoms with van der Waals surface area (Å²) in [6, 6.07) is 3.73. The first kappa shape index (κ1) is 15.5. The number of rotatable bonds is 4. The van der Waals surface area contributed by atoms with E-state index in [2.05, 4.69) is 15.5 Å². The fourth-order valence-corrected chi connectivity index (χ4v) is 2.72. The summed E-state index contributed by atoms with van der Waals surface area (Å²) in [6.45, 7) is 0.0928. The molecule has 120 valence electrons. The van der Waals surface area contributed by atoms with Crippen LogP contribution in [-0.4, -0.2) is 20.5 Å². The second-order valence-corrected chi connectivity index (χ2v) is 5.62. The maximum absolute atomic E-state index is 12.6. The number of amides is 1. The molecule has 1 N–H and O–H groups in total. The minimum atomic E-state index is -4.43. The highest BCUT2D eigenvalue weighted by atomic mass is 32.1. The molecular formula is C14H11F3N4OS. The lowest BCUT2D eigenvalue weighted by atomic mass is 10.2. The van der Waals surface area contributed by atoms with Crippen LogP contribution in [0, 0.1) is 0 Å². The number of aromatic nitrogens is 3. The van der Waals surface area contributed by atoms with Gasteiger partial charge in [-0.1, -0.05) is 0 Å². The minimum absolute atomic E-state index is 0.0851. The number of alkyl halides is 3. The van der Waals surface area contributed by atoms with Gasteiger partial charge in [0.1, 0.15) is 0 Å². The Morgan fingerprint density at radius 2 is 2.13 bits per heavy atom. The van der Waals surface area contributed by atoms with Crippen LogP contribution >= 0.6 is 11.3 Å². The highest BCUT2D eigenvalue weighted by Crippen LogP contribution is 2.29. The zero-order chi connectivity index (χ0) is 16.4. The van der Waals surface area contributed by atoms with Gasteiger partial charge in [-0.15, -0.1) is 10.2 Å². The largest absolute Gasteiger partial charge is 0.416 e. The van der Waals surface area contributed by atoms with Crippen molar-refractivity contribution in [1.29, 1.82) is 0 Å². The third-order valence-corrected chi connectivity index (χ3v) is 3.93. The average Bonchev–Trinajstić information content (AvgIpc) is 3.13. The number of hydrogen-bond donors (Lipinski definition) is 1. The fraction of sp³-hybridized carbons (Fsp3) is 0.214. The van der Waals surface area contributed by atoms with Gasteiger partial charge in [0, 0.05) is 6.20 Å². The Balaban J connectivity index is 1.70. The third-order valence-electron chi connectivity index (χ3n) is 3.20. The van der Waals surface area contributed by atoms with Crippen LogP contribution in [0.5, 0.6) is 0 Å². The van der Waals surface area contributed by atoms with E-state index < -0.39 is 11.7 Å². The van der Waals surface area contributed by atoms with Crippen molar-refractivity contribution in [1.82, 2.24) is 19.9 Å². The predicted molar refractivity (Wildman–Crippen MR) is 77.9 cm³/mol. The van der Waals surface area contributed by atoms with E-state index in [1.165, 1.54) is 21.9 Å². The van der Waals surface area contributed by atoms with Crippen LogP contribution in [0.15, 0.2) is 35.2 Å². The van der Waals surface area contributed by atoms with Gasteiger partial charge < -0.3 is 5.32 Å². The van der Waals surface area contributed by atoms with E-state index in [1.54, 1.807) is 0 Å². The molecule has 0 spiro atoms. The summed E-state index contributed by atoms with van der Waals surface area (Å²) in [4.78, 5) is 11.8. The van der Waals surface area contributed by atoms with Crippen molar-refractivity contribution in [2.45, 2.75) is 19.1 Å². The maximum atomic E-state index is 12.6. The van der Waals surface area contributed by atoms with Crippen molar-refractivity contribution >= 4 is 22.9 Å². The van der Waals surface area contributed by atoms with Crippen molar-refractivity contribution in [3.63, 3.8) is 0 Å². The van der Waals surface area contributed by atoms with Gasteiger partial charge in [0.2, 0.25) is 5.91 Å². The van der Waals surface area contributed by atoms with Gasteiger partial charge in [0.05, 0.1) is 18.5 Å². The first-order chi connectivity index (χ1) is 10.9. The average molecular weight is 340 g/mol. The van der Waals surface area contributed by atoms with E-state index in [0.29, 0.717) is 5.82 Å². The van der Waals surface area contributed by atoms with Crippen molar-refractivity contribution in [2.24, 2.45) is 0 Å². The Morgan fingerprint density at radius 3 is 2.83 bits per heavy atom. The second-order valence-electron chi connectivity index (χ2n) is 4.84. The minimum Gasteiger partial charge on any atom is -0.348 e. The van der Waals surface area contributed by atoms with E-state index in [9.17, 15) is 18.0 Å². The molecule has 0 aliphatic heterocycles. The summed E-state index contributed by atoms with van der Waals surface area (Å²) in [5.41, 5.74) is 0.209. The smallest absolute Gasteiger partial charge is 0.348 e. The molecule has 3 aromatic heterocycles. The van der Waals surface area contributed by atoms with E-state index in [0.717, 1.165) is 17.7 Å². The zero-order valence-electron chi connectivity index (χ0n) is 11.7. The van der Waals surface area contributed by atoms with Gasteiger partial charge in [-0.2, -0.15) is 24.5 Å². The number of nitrogens with one attached hydrogen (secondary N) is 1. The van der Waals surface area contributed by atoms with Crippen LogP contribution in [0.2, 0.25) is 0 Å². The number of nitrogens with zero attached hydrogens (tertiary/aromatic N) is 3. The maximum Gasteiger partial charge on any atom is 0.416 e. The molecule has 3 rings (SSSR count). The van der Waals surface area contributed by atoms with Gasteiger partial charge in [-0.05, 0) is 34.5 Å². The van der Waals surface area contributed by atoms with Gasteiger partial charge in [0.25, 0.3) is 0 Å². The van der Waals surface area contributed by atoms with Gasteiger partial charge in [-0.3, -0.25) is 9.20 Å². The first-order valence-electron chi connectivity index (χ1n) is 6.62. The summed E-state index contributed by atoms with van der Waals surface area (Å²) in [7, 11) is 0. The molecule has 3 aromatic rings. The molecule has 0 atom stereocenters. The number of fused-ring (bicyclic) bond motifs is 1. The molecule has 0 fully saturated rings. The fourth-order valence-electron chi connectivity index (χ4n) is 2.06. The summed E-state index contributed by atoms with van der Waals surface area (Å²) in [6.07, 6.45) is -2.93. The second kappa shape index (κ2) is 5.99. The van der Waals surface area contributed by atoms with Crippen molar-refractivity contribution < 1.29 is 18.0 Å². The van der Waals surface area contributed by atoms with Gasteiger partial charge >= 0.3 is 6.18 Å². The van der Waals surface area contributed by atoms with E-state index in [4.69, 9.17) is 0 Å². The summed E-state index contributed by atoms with van der Waals surface area (Å²) >= 11 is 1.50. The van der Waals surface area contributed by atoms with Crippen LogP contribution in [0.25, 0.3) is 5.65 Å². The Bertz CT molecular complexity index is 826. The topological polar surface area (TPSA) is 59.3 Å². The molecule has 3 heterocycles. The van der Waals surface area contributed by atoms with Crippen molar-refractivity contribution in [2.75, 3.05) is 0 Å². The van der Waals surface area contributed by atoms with Crippen LogP contribution < -0.4 is 5.32 Å². The normalized spacial score (nSPS) is 11.8. The molecule has 23 heavy (non-hydrogen) atoms. The predicted octanol–water partition coefficient (Wildman–Crippen LogP) is 2.67. The van der Waals surface area contributed by atoms with Crippen LogP contribution in [0.1, 0.15) is 17.0 Å². The molecule has 0 bridgehead atoms. The molecule has 0 aromatic carbocycles. The molecule has 5 nitrogen and oxygen atoms in total. The number of pyridine rings is 1. The first-order valence-corrected chi connectivity index (χ1v) is 7.56. The van der Waals surface area contributed by atoms with E-state index in [-0.39, 0.29) is 24.5 Å². The molecule has 0 unspecified atom stereocenters. The standard InChI is InChI=1S/C14H11F3N4OS/c15-14(16,17)10-1-3-21-11(6-10)19-20-12(21)7-18-13(22)5-9-2-4-23-8-9/h1-4,6,8H,5,7H2,(H,18,22).